The van der Waals surface area contributed by atoms with Gasteiger partial charge in [0.15, 0.2) is 11.5 Å². The standard InChI is InChI=1S/C26H29Cl2N3O6S/c1-30(2)13-14-31(26(32)29-22-7-5-6-8-23(22)35-3)17-18-9-12-24(36-4)25(15-18)37-38(33,34)19-10-11-20(27)21(28)16-19/h5-12,15-16H,13-14,17H2,1-4H3,(H,29,32). The van der Waals surface area contributed by atoms with E-state index in [-0.39, 0.29) is 39.0 Å². The van der Waals surface area contributed by atoms with E-state index in [1.54, 1.807) is 35.2 Å². The fraction of sp³-hybridized carbons (Fsp3) is 0.269. The van der Waals surface area contributed by atoms with E-state index in [2.05, 4.69) is 5.32 Å². The largest absolute Gasteiger partial charge is 0.495 e. The van der Waals surface area contributed by atoms with Crippen molar-refractivity contribution in [3.05, 3.63) is 76.3 Å². The first-order valence-electron chi connectivity index (χ1n) is 11.4. The van der Waals surface area contributed by atoms with Crippen LogP contribution in [0.3, 0.4) is 0 Å². The average Bonchev–Trinajstić information content (AvgIpc) is 2.88. The number of nitrogens with zero attached hydrogens (tertiary/aromatic N) is 2. The van der Waals surface area contributed by atoms with Gasteiger partial charge in [-0.05, 0) is 62.1 Å². The molecule has 0 radical (unpaired) electrons. The summed E-state index contributed by atoms with van der Waals surface area (Å²) in [5, 5.41) is 3.18. The van der Waals surface area contributed by atoms with Gasteiger partial charge in [-0.2, -0.15) is 8.42 Å². The molecule has 0 spiro atoms. The van der Waals surface area contributed by atoms with Crippen LogP contribution < -0.4 is 19.0 Å². The van der Waals surface area contributed by atoms with E-state index in [1.165, 1.54) is 38.5 Å². The first-order chi connectivity index (χ1) is 18.0. The second-order valence-electron chi connectivity index (χ2n) is 8.45. The number of para-hydroxylation sites is 2. The summed E-state index contributed by atoms with van der Waals surface area (Å²) in [6.45, 7) is 1.17. The Bertz CT molecular complexity index is 1390. The summed E-state index contributed by atoms with van der Waals surface area (Å²) in [6.07, 6.45) is 0. The summed E-state index contributed by atoms with van der Waals surface area (Å²) in [5.41, 5.74) is 1.15. The van der Waals surface area contributed by atoms with E-state index in [0.717, 1.165) is 0 Å². The molecule has 12 heteroatoms. The van der Waals surface area contributed by atoms with E-state index in [4.69, 9.17) is 36.9 Å². The molecule has 3 rings (SSSR count). The van der Waals surface area contributed by atoms with Gasteiger partial charge in [0.05, 0.1) is 30.0 Å². The van der Waals surface area contributed by atoms with Crippen molar-refractivity contribution in [1.29, 1.82) is 0 Å². The number of benzene rings is 3. The number of likely N-dealkylation sites (N-methyl/N-ethyl adjacent to an activating group) is 1. The third kappa shape index (κ3) is 7.67. The number of rotatable bonds is 11. The van der Waals surface area contributed by atoms with Crippen molar-refractivity contribution in [2.45, 2.75) is 11.4 Å². The number of methoxy groups -OCH3 is 2. The van der Waals surface area contributed by atoms with Crippen LogP contribution in [0.4, 0.5) is 10.5 Å². The number of nitrogens with one attached hydrogen (secondary N) is 1. The molecular formula is C26H29Cl2N3O6S. The molecule has 1 N–H and O–H groups in total. The van der Waals surface area contributed by atoms with Gasteiger partial charge in [-0.15, -0.1) is 0 Å². The zero-order chi connectivity index (χ0) is 27.9. The van der Waals surface area contributed by atoms with Gasteiger partial charge < -0.3 is 28.8 Å². The van der Waals surface area contributed by atoms with Gasteiger partial charge in [-0.25, -0.2) is 4.79 Å². The Balaban J connectivity index is 1.87. The Labute approximate surface area is 232 Å². The van der Waals surface area contributed by atoms with Crippen LogP contribution in [0.15, 0.2) is 65.6 Å². The Morgan fingerprint density at radius 1 is 0.868 bits per heavy atom. The fourth-order valence-electron chi connectivity index (χ4n) is 3.42. The van der Waals surface area contributed by atoms with Crippen molar-refractivity contribution in [2.75, 3.05) is 46.7 Å². The Morgan fingerprint density at radius 3 is 2.24 bits per heavy atom. The first-order valence-corrected chi connectivity index (χ1v) is 13.6. The summed E-state index contributed by atoms with van der Waals surface area (Å²) in [6, 6.07) is 15.5. The third-order valence-corrected chi connectivity index (χ3v) is 7.40. The lowest BCUT2D eigenvalue weighted by molar-refractivity contribution is 0.202. The van der Waals surface area contributed by atoms with Crippen molar-refractivity contribution >= 4 is 45.0 Å². The van der Waals surface area contributed by atoms with Gasteiger partial charge in [0.2, 0.25) is 0 Å². The van der Waals surface area contributed by atoms with Gasteiger partial charge in [0.25, 0.3) is 0 Å². The minimum Gasteiger partial charge on any atom is -0.495 e. The summed E-state index contributed by atoms with van der Waals surface area (Å²) in [4.78, 5) is 16.6. The van der Waals surface area contributed by atoms with E-state index >= 15 is 0 Å². The molecule has 0 bridgehead atoms. The smallest absolute Gasteiger partial charge is 0.339 e. The molecule has 2 amide bonds. The van der Waals surface area contributed by atoms with E-state index in [9.17, 15) is 13.2 Å². The molecule has 0 fully saturated rings. The monoisotopic (exact) mass is 581 g/mol. The van der Waals surface area contributed by atoms with Crippen molar-refractivity contribution in [3.63, 3.8) is 0 Å². The van der Waals surface area contributed by atoms with Crippen LogP contribution >= 0.6 is 23.2 Å². The molecule has 0 unspecified atom stereocenters. The molecule has 0 aromatic heterocycles. The van der Waals surface area contributed by atoms with Gasteiger partial charge >= 0.3 is 16.1 Å². The van der Waals surface area contributed by atoms with Crippen LogP contribution in [0.5, 0.6) is 17.2 Å². The molecule has 0 saturated heterocycles. The molecule has 9 nitrogen and oxygen atoms in total. The highest BCUT2D eigenvalue weighted by Gasteiger charge is 2.22. The van der Waals surface area contributed by atoms with Crippen LogP contribution in [0.25, 0.3) is 0 Å². The number of halogens is 2. The maximum absolute atomic E-state index is 13.2. The molecule has 0 aliphatic heterocycles. The lowest BCUT2D eigenvalue weighted by Gasteiger charge is -2.25. The van der Waals surface area contributed by atoms with Crippen LogP contribution in [0, 0.1) is 0 Å². The Morgan fingerprint density at radius 2 is 1.58 bits per heavy atom. The zero-order valence-corrected chi connectivity index (χ0v) is 23.7. The molecule has 0 heterocycles. The Hall–Kier alpha value is -3.18. The highest BCUT2D eigenvalue weighted by molar-refractivity contribution is 7.87. The van der Waals surface area contributed by atoms with Crippen LogP contribution in [-0.2, 0) is 16.7 Å². The molecular weight excluding hydrogens is 553 g/mol. The Kier molecular flexibility index (Phi) is 10.1. The minimum absolute atomic E-state index is 0.0335. The summed E-state index contributed by atoms with van der Waals surface area (Å²) >= 11 is 11.9. The lowest BCUT2D eigenvalue weighted by Crippen LogP contribution is -2.39. The number of anilines is 1. The normalized spacial score (nSPS) is 11.2. The van der Waals surface area contributed by atoms with Crippen LogP contribution in [0.1, 0.15) is 5.56 Å². The second-order valence-corrected chi connectivity index (χ2v) is 10.8. The summed E-state index contributed by atoms with van der Waals surface area (Å²) in [5.74, 6) is 0.700. The number of amides is 2. The summed E-state index contributed by atoms with van der Waals surface area (Å²) in [7, 11) is 2.49. The van der Waals surface area contributed by atoms with Gasteiger partial charge in [0, 0.05) is 19.6 Å². The van der Waals surface area contributed by atoms with Crippen molar-refractivity contribution in [2.24, 2.45) is 0 Å². The fourth-order valence-corrected chi connectivity index (χ4v) is 4.74. The van der Waals surface area contributed by atoms with E-state index < -0.39 is 10.1 Å². The SMILES string of the molecule is COc1ccccc1NC(=O)N(CCN(C)C)Cc1ccc(OC)c(OS(=O)(=O)c2ccc(Cl)c(Cl)c2)c1. The predicted octanol–water partition coefficient (Wildman–Crippen LogP) is 5.37. The topological polar surface area (TPSA) is 97.4 Å². The van der Waals surface area contributed by atoms with Gasteiger partial charge in [-0.1, -0.05) is 41.4 Å². The maximum atomic E-state index is 13.2. The molecule has 3 aromatic carbocycles. The lowest BCUT2D eigenvalue weighted by atomic mass is 10.2. The zero-order valence-electron chi connectivity index (χ0n) is 21.4. The van der Waals surface area contributed by atoms with E-state index in [0.29, 0.717) is 30.1 Å². The maximum Gasteiger partial charge on any atom is 0.339 e. The molecule has 0 atom stereocenters. The minimum atomic E-state index is -4.25. The molecule has 204 valence electrons. The quantitative estimate of drug-likeness (QED) is 0.304. The van der Waals surface area contributed by atoms with Crippen LogP contribution in [0.2, 0.25) is 10.0 Å². The number of carbonyl (C=O) groups is 1. The summed E-state index contributed by atoms with van der Waals surface area (Å²) < 4.78 is 41.9. The number of urea groups is 1. The molecule has 0 aliphatic rings. The first kappa shape index (κ1) is 29.4. The third-order valence-electron chi connectivity index (χ3n) is 5.43. The van der Waals surface area contributed by atoms with Crippen molar-refractivity contribution in [3.8, 4) is 17.2 Å². The van der Waals surface area contributed by atoms with Crippen molar-refractivity contribution < 1.29 is 26.9 Å². The van der Waals surface area contributed by atoms with Gasteiger partial charge in [0.1, 0.15) is 10.6 Å². The molecule has 38 heavy (non-hydrogen) atoms. The molecule has 0 aliphatic carbocycles. The number of carbonyl (C=O) groups excluding carboxylic acids is 1. The number of ether oxygens (including phenoxy) is 2. The number of hydrogen-bond donors (Lipinski definition) is 1. The van der Waals surface area contributed by atoms with E-state index in [1.807, 2.05) is 25.1 Å². The number of hydrogen-bond acceptors (Lipinski definition) is 7. The van der Waals surface area contributed by atoms with Crippen molar-refractivity contribution in [1.82, 2.24) is 9.80 Å². The molecule has 0 saturated carbocycles. The predicted molar refractivity (Wildman–Crippen MR) is 148 cm³/mol. The second kappa shape index (κ2) is 13.1. The van der Waals surface area contributed by atoms with Crippen LogP contribution in [-0.4, -0.2) is 65.7 Å². The highest BCUT2D eigenvalue weighted by atomic mass is 35.5. The molecule has 3 aromatic rings. The van der Waals surface area contributed by atoms with Gasteiger partial charge in [-0.3, -0.25) is 0 Å². The average molecular weight is 583 g/mol. The highest BCUT2D eigenvalue weighted by Crippen LogP contribution is 2.33.